The van der Waals surface area contributed by atoms with E-state index in [-0.39, 0.29) is 60.8 Å². The Kier molecular flexibility index (Phi) is 11.7. The molecular weight excluding hydrogens is 746 g/mol. The highest BCUT2D eigenvalue weighted by molar-refractivity contribution is 5.85. The van der Waals surface area contributed by atoms with Crippen LogP contribution >= 0.6 is 0 Å². The van der Waals surface area contributed by atoms with Crippen molar-refractivity contribution in [2.75, 3.05) is 19.7 Å². The Balaban J connectivity index is 0.760. The van der Waals surface area contributed by atoms with Gasteiger partial charge in [-0.2, -0.15) is 0 Å². The number of aliphatic hydroxyl groups is 4. The zero-order valence-electron chi connectivity index (χ0n) is 35.4. The van der Waals surface area contributed by atoms with Gasteiger partial charge in [0.2, 0.25) is 0 Å². The summed E-state index contributed by atoms with van der Waals surface area (Å²) < 4.78 is 43.4. The van der Waals surface area contributed by atoms with E-state index in [1.165, 1.54) is 19.3 Å². The van der Waals surface area contributed by atoms with Crippen molar-refractivity contribution >= 4 is 5.97 Å². The molecule has 0 bridgehead atoms. The Bertz CT molecular complexity index is 1500. The normalized spacial score (nSPS) is 52.8. The number of carbonyl (C=O) groups excluding carboxylic acids is 1. The van der Waals surface area contributed by atoms with E-state index in [0.717, 1.165) is 63.6 Å². The maximum Gasteiger partial charge on any atom is 0.331 e. The summed E-state index contributed by atoms with van der Waals surface area (Å²) in [4.78, 5) is 14.5. The van der Waals surface area contributed by atoms with Gasteiger partial charge >= 0.3 is 5.97 Å². The molecule has 19 atom stereocenters. The Labute approximate surface area is 344 Å². The van der Waals surface area contributed by atoms with E-state index in [1.807, 2.05) is 13.8 Å². The minimum Gasteiger partial charge on any atom is -0.458 e. The predicted molar refractivity (Wildman–Crippen MR) is 210 cm³/mol. The molecule has 0 amide bonds. The van der Waals surface area contributed by atoms with E-state index in [4.69, 9.17) is 33.2 Å². The van der Waals surface area contributed by atoms with Gasteiger partial charge in [-0.15, -0.1) is 0 Å². The number of nitrogens with zero attached hydrogens (tertiary/aromatic N) is 1. The van der Waals surface area contributed by atoms with Crippen LogP contribution in [-0.4, -0.2) is 136 Å². The van der Waals surface area contributed by atoms with E-state index < -0.39 is 72.6 Å². The number of hydrogen-bond donors (Lipinski definition) is 4. The van der Waals surface area contributed by atoms with Crippen molar-refractivity contribution in [2.45, 2.75) is 210 Å². The smallest absolute Gasteiger partial charge is 0.331 e. The summed E-state index contributed by atoms with van der Waals surface area (Å²) in [6, 6.07) is 0.651. The van der Waals surface area contributed by atoms with E-state index in [0.29, 0.717) is 24.8 Å². The van der Waals surface area contributed by atoms with Crippen LogP contribution in [0, 0.1) is 34.5 Å². The summed E-state index contributed by atoms with van der Waals surface area (Å²) in [5.41, 5.74) is -0.829. The zero-order valence-corrected chi connectivity index (χ0v) is 35.4. The molecule has 0 radical (unpaired) electrons. The summed E-state index contributed by atoms with van der Waals surface area (Å²) >= 11 is 0. The van der Waals surface area contributed by atoms with Crippen molar-refractivity contribution in [3.05, 3.63) is 11.6 Å². The molecule has 3 saturated heterocycles. The van der Waals surface area contributed by atoms with Gasteiger partial charge in [-0.1, -0.05) is 20.3 Å². The van der Waals surface area contributed by atoms with Gasteiger partial charge in [0.15, 0.2) is 18.9 Å². The van der Waals surface area contributed by atoms with Gasteiger partial charge in [0.25, 0.3) is 0 Å². The number of carbonyl (C=O) groups is 1. The van der Waals surface area contributed by atoms with Gasteiger partial charge in [-0.3, -0.25) is 4.90 Å². The number of hydrogen-bond acceptors (Lipinski definition) is 13. The molecule has 4 N–H and O–H groups in total. The maximum absolute atomic E-state index is 12.6. The third-order valence-electron chi connectivity index (χ3n) is 17.4. The van der Waals surface area contributed by atoms with Crippen LogP contribution in [0.25, 0.3) is 0 Å². The van der Waals surface area contributed by atoms with Gasteiger partial charge < -0.3 is 53.6 Å². The molecule has 0 aromatic rings. The Hall–Kier alpha value is -1.23. The number of ether oxygens (including phenoxy) is 7. The van der Waals surface area contributed by atoms with E-state index in [9.17, 15) is 25.2 Å². The van der Waals surface area contributed by atoms with Crippen LogP contribution in [0.15, 0.2) is 11.6 Å². The second-order valence-corrected chi connectivity index (χ2v) is 20.5. The van der Waals surface area contributed by atoms with Crippen molar-refractivity contribution in [2.24, 2.45) is 34.5 Å². The lowest BCUT2D eigenvalue weighted by Gasteiger charge is -2.65. The monoisotopic (exact) mass is 817 g/mol. The van der Waals surface area contributed by atoms with Crippen LogP contribution in [0.4, 0.5) is 0 Å². The van der Waals surface area contributed by atoms with Crippen molar-refractivity contribution in [1.29, 1.82) is 0 Å². The number of cyclic esters (lactones) is 1. The fourth-order valence-corrected chi connectivity index (χ4v) is 13.9. The number of fused-ring (bicyclic) bond motifs is 5. The third-order valence-corrected chi connectivity index (χ3v) is 17.4. The molecule has 0 aromatic heterocycles. The third kappa shape index (κ3) is 7.35. The molecule has 4 heterocycles. The first kappa shape index (κ1) is 42.1. The molecule has 9 rings (SSSR count). The topological polar surface area (TPSA) is 166 Å². The minimum atomic E-state index is -0.997. The van der Waals surface area contributed by atoms with E-state index in [1.54, 1.807) is 6.08 Å². The van der Waals surface area contributed by atoms with E-state index in [2.05, 4.69) is 25.7 Å². The molecule has 328 valence electrons. The van der Waals surface area contributed by atoms with Crippen LogP contribution in [0.1, 0.15) is 125 Å². The second-order valence-electron chi connectivity index (χ2n) is 20.5. The van der Waals surface area contributed by atoms with Crippen LogP contribution in [0.2, 0.25) is 0 Å². The van der Waals surface area contributed by atoms with Gasteiger partial charge in [0, 0.05) is 49.9 Å². The fraction of sp³-hybridized carbons (Fsp3) is 0.933. The first-order chi connectivity index (χ1) is 27.7. The molecule has 4 aliphatic heterocycles. The molecule has 58 heavy (non-hydrogen) atoms. The lowest BCUT2D eigenvalue weighted by Crippen LogP contribution is -2.67. The molecule has 13 nitrogen and oxygen atoms in total. The highest BCUT2D eigenvalue weighted by atomic mass is 16.7. The number of rotatable bonds is 8. The van der Waals surface area contributed by atoms with Crippen LogP contribution < -0.4 is 0 Å². The van der Waals surface area contributed by atoms with Crippen LogP contribution in [-0.2, 0) is 38.0 Å². The summed E-state index contributed by atoms with van der Waals surface area (Å²) in [6.45, 7) is 12.4. The SMILES string of the molecule is CC1CN(C2CCC2)CCC(O[C@H]2[C@@H](O)C[C@H](O[C@H]3[C@@H](O)C[C@H](O[C@H]4CC[C@@]5(C)[C@H](CC[C@@H]6[C@@H]5C[C@@H](O)[C@]5(C)[C@@H](C7=CC(=O)OC7)CC[C@]65O)C4)O[C@@H]3C)O[C@@H]2C)O1. The Morgan fingerprint density at radius 3 is 2.09 bits per heavy atom. The summed E-state index contributed by atoms with van der Waals surface area (Å²) in [7, 11) is 0. The number of esters is 1. The van der Waals surface area contributed by atoms with E-state index >= 15 is 0 Å². The fourth-order valence-electron chi connectivity index (χ4n) is 13.9. The quantitative estimate of drug-likeness (QED) is 0.202. The highest BCUT2D eigenvalue weighted by Crippen LogP contribution is 2.70. The molecule has 5 saturated carbocycles. The maximum atomic E-state index is 12.6. The largest absolute Gasteiger partial charge is 0.458 e. The molecule has 13 heteroatoms. The standard InChI is InChI=1S/C45H71NO12/c1-24-22-46(29-7-6-8-29)16-13-38(53-24)57-41-25(2)55-40(21-35(41)48)58-42-26(3)54-39(20-34(42)47)56-30-11-14-43(4)28(18-30)9-10-32-33(43)19-36(49)44(5)31(12-15-45(32,44)51)27-17-37(50)52-23-27/h17,24-26,28-36,38-42,47-49,51H,6-16,18-23H2,1-5H3/t24?,25-,26-,28-,30+,31-,32-,33+,34+,35+,36-,38?,39+,40+,41-,42-,43+,44+,45+/m1/s1. The van der Waals surface area contributed by atoms with Crippen molar-refractivity contribution in [1.82, 2.24) is 4.90 Å². The van der Waals surface area contributed by atoms with Crippen molar-refractivity contribution < 1.29 is 58.4 Å². The summed E-state index contributed by atoms with van der Waals surface area (Å²) in [6.07, 6.45) is 7.17. The van der Waals surface area contributed by atoms with Gasteiger partial charge in [-0.05, 0) is 120 Å². The van der Waals surface area contributed by atoms with Crippen LogP contribution in [0.3, 0.4) is 0 Å². The van der Waals surface area contributed by atoms with Gasteiger partial charge in [0.05, 0.1) is 48.3 Å². The molecule has 5 aliphatic carbocycles. The Morgan fingerprint density at radius 1 is 0.759 bits per heavy atom. The molecule has 2 unspecified atom stereocenters. The first-order valence-electron chi connectivity index (χ1n) is 23.0. The highest BCUT2D eigenvalue weighted by Gasteiger charge is 2.71. The van der Waals surface area contributed by atoms with Crippen molar-refractivity contribution in [3.63, 3.8) is 0 Å². The number of aliphatic hydroxyl groups excluding tert-OH is 3. The molecule has 0 spiro atoms. The summed E-state index contributed by atoms with van der Waals surface area (Å²) in [5, 5.41) is 47.1. The average molecular weight is 818 g/mol. The van der Waals surface area contributed by atoms with Gasteiger partial charge in [0.1, 0.15) is 18.8 Å². The van der Waals surface area contributed by atoms with Crippen molar-refractivity contribution in [3.8, 4) is 0 Å². The molecule has 8 fully saturated rings. The lowest BCUT2D eigenvalue weighted by molar-refractivity contribution is -0.329. The zero-order chi connectivity index (χ0) is 40.7. The lowest BCUT2D eigenvalue weighted by atomic mass is 9.42. The molecular formula is C45H71NO12. The second kappa shape index (κ2) is 16.2. The van der Waals surface area contributed by atoms with Gasteiger partial charge in [-0.25, -0.2) is 4.79 Å². The average Bonchev–Trinajstić information content (AvgIpc) is 3.63. The molecule has 0 aromatic carbocycles. The predicted octanol–water partition coefficient (Wildman–Crippen LogP) is 4.35. The van der Waals surface area contributed by atoms with Crippen LogP contribution in [0.5, 0.6) is 0 Å². The Morgan fingerprint density at radius 2 is 1.45 bits per heavy atom. The summed E-state index contributed by atoms with van der Waals surface area (Å²) in [5.74, 6) is 0.287. The molecule has 9 aliphatic rings. The first-order valence-corrected chi connectivity index (χ1v) is 23.0. The minimum absolute atomic E-state index is 0.0163.